The molecular weight excluding hydrogens is 510 g/mol. The van der Waals surface area contributed by atoms with Crippen LogP contribution in [0.25, 0.3) is 10.8 Å². The molecule has 2 aromatic carbocycles. The Balaban J connectivity index is 1.16. The highest BCUT2D eigenvalue weighted by molar-refractivity contribution is 5.97. The molecule has 3 atom stereocenters. The summed E-state index contributed by atoms with van der Waals surface area (Å²) in [6.45, 7) is 8.01. The molecule has 1 N–H and O–H groups in total. The van der Waals surface area contributed by atoms with Crippen molar-refractivity contribution >= 4 is 22.3 Å². The van der Waals surface area contributed by atoms with Crippen LogP contribution in [0, 0.1) is 5.92 Å². The third-order valence-corrected chi connectivity index (χ3v) is 10.9. The van der Waals surface area contributed by atoms with Gasteiger partial charge in [-0.15, -0.1) is 0 Å². The van der Waals surface area contributed by atoms with E-state index in [-0.39, 0.29) is 11.6 Å². The number of benzene rings is 2. The minimum atomic E-state index is -0.193. The van der Waals surface area contributed by atoms with Crippen molar-refractivity contribution < 1.29 is 9.84 Å². The molecule has 7 heteroatoms. The lowest BCUT2D eigenvalue weighted by molar-refractivity contribution is 0.107. The fraction of sp³-hybridized carbons (Fsp3) is 0.588. The quantitative estimate of drug-likeness (QED) is 0.455. The summed E-state index contributed by atoms with van der Waals surface area (Å²) < 4.78 is 6.58. The standard InChI is InChI=1S/C34H43N5O2/c1-2-24-7-3-8-25-9-4-10-30(31(24)25)37-16-11-28-29(21-37)35-33(41-22-34-12-5-14-38(34)15-6-13-34)36-32(28)39-20-23-17-26(39)19-27(40)18-23/h3-4,7-10,23,26-27,40H,2,5-6,11-22H2,1H3. The summed E-state index contributed by atoms with van der Waals surface area (Å²) in [4.78, 5) is 18.0. The third-order valence-electron chi connectivity index (χ3n) is 10.9. The van der Waals surface area contributed by atoms with Crippen molar-refractivity contribution in [3.8, 4) is 6.01 Å². The first kappa shape index (κ1) is 25.8. The zero-order valence-corrected chi connectivity index (χ0v) is 24.4. The highest BCUT2D eigenvalue weighted by atomic mass is 16.5. The summed E-state index contributed by atoms with van der Waals surface area (Å²) in [5, 5.41) is 13.2. The van der Waals surface area contributed by atoms with E-state index in [1.54, 1.807) is 0 Å². The van der Waals surface area contributed by atoms with Crippen molar-refractivity contribution in [2.45, 2.75) is 88.9 Å². The van der Waals surface area contributed by atoms with Crippen LogP contribution in [0.5, 0.6) is 6.01 Å². The predicted molar refractivity (Wildman–Crippen MR) is 163 cm³/mol. The summed E-state index contributed by atoms with van der Waals surface area (Å²) in [6.07, 6.45) is 9.61. The lowest BCUT2D eigenvalue weighted by Gasteiger charge is -2.35. The van der Waals surface area contributed by atoms with Gasteiger partial charge in [0.25, 0.3) is 0 Å². The number of hydrogen-bond donors (Lipinski definition) is 1. The average Bonchev–Trinajstić information content (AvgIpc) is 3.66. The predicted octanol–water partition coefficient (Wildman–Crippen LogP) is 5.11. The molecule has 0 amide bonds. The van der Waals surface area contributed by atoms with Crippen LogP contribution in [0.1, 0.15) is 68.7 Å². The number of aryl methyl sites for hydroxylation is 1. The number of aromatic nitrogens is 2. The van der Waals surface area contributed by atoms with E-state index in [1.165, 1.54) is 66.4 Å². The van der Waals surface area contributed by atoms with Gasteiger partial charge in [0.15, 0.2) is 0 Å². The van der Waals surface area contributed by atoms with Crippen LogP contribution < -0.4 is 14.5 Å². The van der Waals surface area contributed by atoms with Crippen LogP contribution in [0.2, 0.25) is 0 Å². The molecule has 1 saturated carbocycles. The maximum absolute atomic E-state index is 10.5. The maximum atomic E-state index is 10.5. The molecule has 1 aliphatic carbocycles. The number of nitrogens with zero attached hydrogens (tertiary/aromatic N) is 5. The zero-order chi connectivity index (χ0) is 27.6. The number of aliphatic hydroxyl groups excluding tert-OH is 1. The number of hydrogen-bond acceptors (Lipinski definition) is 7. The summed E-state index contributed by atoms with van der Waals surface area (Å²) in [5.41, 5.74) is 5.26. The van der Waals surface area contributed by atoms with Gasteiger partial charge in [0, 0.05) is 35.8 Å². The van der Waals surface area contributed by atoms with Gasteiger partial charge in [-0.25, -0.2) is 0 Å². The zero-order valence-electron chi connectivity index (χ0n) is 24.4. The molecule has 2 bridgehead atoms. The van der Waals surface area contributed by atoms with Crippen molar-refractivity contribution in [3.63, 3.8) is 0 Å². The molecule has 0 spiro atoms. The van der Waals surface area contributed by atoms with Crippen molar-refractivity contribution in [2.75, 3.05) is 42.6 Å². The molecule has 41 heavy (non-hydrogen) atoms. The van der Waals surface area contributed by atoms with Crippen molar-refractivity contribution in [1.29, 1.82) is 0 Å². The Kier molecular flexibility index (Phi) is 6.37. The summed E-state index contributed by atoms with van der Waals surface area (Å²) in [5.74, 6) is 1.62. The van der Waals surface area contributed by atoms with Crippen molar-refractivity contribution in [3.05, 3.63) is 53.2 Å². The molecule has 3 aromatic rings. The molecule has 4 fully saturated rings. The Morgan fingerprint density at radius 2 is 1.83 bits per heavy atom. The van der Waals surface area contributed by atoms with Crippen LogP contribution >= 0.6 is 0 Å². The van der Waals surface area contributed by atoms with Gasteiger partial charge in [0.05, 0.1) is 23.9 Å². The van der Waals surface area contributed by atoms with Gasteiger partial charge >= 0.3 is 6.01 Å². The SMILES string of the molecule is CCc1cccc2cccc(N3CCc4c(nc(OCC56CCCN5CCC6)nc4N4CC5CC(O)CC4C5)C3)c12. The molecule has 5 heterocycles. The summed E-state index contributed by atoms with van der Waals surface area (Å²) in [6, 6.07) is 14.3. The van der Waals surface area contributed by atoms with Crippen LogP contribution in [0.15, 0.2) is 36.4 Å². The van der Waals surface area contributed by atoms with E-state index in [2.05, 4.69) is 58.0 Å². The lowest BCUT2D eigenvalue weighted by atomic mass is 9.88. The molecule has 0 radical (unpaired) electrons. The minimum absolute atomic E-state index is 0.166. The number of ether oxygens (including phenoxy) is 1. The molecule has 5 aliphatic rings. The monoisotopic (exact) mass is 553 g/mol. The third kappa shape index (κ3) is 4.38. The average molecular weight is 554 g/mol. The molecular formula is C34H43N5O2. The Labute approximate surface area is 243 Å². The van der Waals surface area contributed by atoms with E-state index in [0.29, 0.717) is 24.6 Å². The summed E-state index contributed by atoms with van der Waals surface area (Å²) in [7, 11) is 0. The smallest absolute Gasteiger partial charge is 0.318 e. The van der Waals surface area contributed by atoms with E-state index in [1.807, 2.05) is 0 Å². The molecule has 216 valence electrons. The minimum Gasteiger partial charge on any atom is -0.461 e. The highest BCUT2D eigenvalue weighted by Crippen LogP contribution is 2.43. The van der Waals surface area contributed by atoms with Crippen molar-refractivity contribution in [2.24, 2.45) is 5.92 Å². The summed E-state index contributed by atoms with van der Waals surface area (Å²) >= 11 is 0. The molecule has 1 aromatic heterocycles. The second-order valence-corrected chi connectivity index (χ2v) is 13.3. The van der Waals surface area contributed by atoms with Gasteiger partial charge < -0.3 is 19.6 Å². The Morgan fingerprint density at radius 3 is 2.66 bits per heavy atom. The fourth-order valence-corrected chi connectivity index (χ4v) is 8.97. The highest BCUT2D eigenvalue weighted by Gasteiger charge is 2.45. The first-order valence-corrected chi connectivity index (χ1v) is 16.1. The number of rotatable bonds is 6. The van der Waals surface area contributed by atoms with Crippen LogP contribution in [-0.4, -0.2) is 70.4 Å². The van der Waals surface area contributed by atoms with Crippen molar-refractivity contribution in [1.82, 2.24) is 14.9 Å². The Hall–Kier alpha value is -2.90. The Morgan fingerprint density at radius 1 is 1.00 bits per heavy atom. The second kappa shape index (κ2) is 10.1. The van der Waals surface area contributed by atoms with Gasteiger partial charge in [-0.05, 0) is 93.8 Å². The van der Waals surface area contributed by atoms with E-state index in [4.69, 9.17) is 14.7 Å². The van der Waals surface area contributed by atoms with E-state index in [0.717, 1.165) is 63.3 Å². The maximum Gasteiger partial charge on any atom is 0.318 e. The molecule has 3 saturated heterocycles. The van der Waals surface area contributed by atoms with Gasteiger partial charge in [-0.2, -0.15) is 9.97 Å². The van der Waals surface area contributed by atoms with Gasteiger partial charge in [0.2, 0.25) is 0 Å². The topological polar surface area (TPSA) is 65.0 Å². The molecule has 7 nitrogen and oxygen atoms in total. The second-order valence-electron chi connectivity index (χ2n) is 13.3. The number of fused-ring (bicyclic) bond motifs is 5. The molecule has 8 rings (SSSR count). The van der Waals surface area contributed by atoms with Crippen LogP contribution in [0.3, 0.4) is 0 Å². The van der Waals surface area contributed by atoms with Gasteiger partial charge in [0.1, 0.15) is 12.4 Å². The Bertz CT molecular complexity index is 1440. The van der Waals surface area contributed by atoms with Crippen LogP contribution in [0.4, 0.5) is 11.5 Å². The normalized spacial score (nSPS) is 26.9. The molecule has 4 aliphatic heterocycles. The van der Waals surface area contributed by atoms with E-state index >= 15 is 0 Å². The first-order valence-electron chi connectivity index (χ1n) is 16.1. The fourth-order valence-electron chi connectivity index (χ4n) is 8.97. The lowest BCUT2D eigenvalue weighted by Crippen LogP contribution is -2.43. The largest absolute Gasteiger partial charge is 0.461 e. The van der Waals surface area contributed by atoms with Gasteiger partial charge in [-0.1, -0.05) is 37.3 Å². The molecule has 3 unspecified atom stereocenters. The van der Waals surface area contributed by atoms with E-state index in [9.17, 15) is 5.11 Å². The van der Waals surface area contributed by atoms with Gasteiger partial charge in [-0.3, -0.25) is 4.90 Å². The number of aliphatic hydroxyl groups is 1. The van der Waals surface area contributed by atoms with E-state index < -0.39 is 0 Å². The van der Waals surface area contributed by atoms with Crippen LogP contribution in [-0.2, 0) is 19.4 Å². The number of anilines is 2. The first-order chi connectivity index (χ1) is 20.1.